The predicted molar refractivity (Wildman–Crippen MR) is 415 cm³/mol. The van der Waals surface area contributed by atoms with E-state index in [1.54, 1.807) is 96.0 Å². The van der Waals surface area contributed by atoms with E-state index in [1.165, 1.54) is 30.4 Å². The maximum absolute atomic E-state index is 14.9. The molecule has 32 nitrogen and oxygen atoms in total. The molecule has 33 heteroatoms. The summed E-state index contributed by atoms with van der Waals surface area (Å²) in [5.74, 6) is -6.44. The summed E-state index contributed by atoms with van der Waals surface area (Å²) in [5, 5.41) is 22.3. The summed E-state index contributed by atoms with van der Waals surface area (Å²) in [6, 6.07) is 9.74. The molecule has 3 heterocycles. The van der Waals surface area contributed by atoms with Gasteiger partial charge >= 0.3 is 12.1 Å². The molecule has 2 aliphatic heterocycles. The van der Waals surface area contributed by atoms with Crippen molar-refractivity contribution in [2.75, 3.05) is 113 Å². The molecule has 0 saturated carbocycles. The molecule has 111 heavy (non-hydrogen) atoms. The summed E-state index contributed by atoms with van der Waals surface area (Å²) < 4.78 is 40.0. The first kappa shape index (κ1) is 92.6. The molecule has 9 N–H and O–H groups in total. The zero-order valence-corrected chi connectivity index (χ0v) is 67.4. The molecule has 0 aliphatic carbocycles. The van der Waals surface area contributed by atoms with Gasteiger partial charge in [-0.15, -0.1) is 11.3 Å². The molecule has 2 unspecified atom stereocenters. The number of anilines is 1. The number of likely N-dealkylation sites (tertiary alicyclic amines) is 1. The maximum Gasteiger partial charge on any atom is 0.410 e. The third-order valence-electron chi connectivity index (χ3n) is 19.5. The predicted octanol–water partition coefficient (Wildman–Crippen LogP) is 4.80. The van der Waals surface area contributed by atoms with Crippen LogP contribution in [0.1, 0.15) is 136 Å². The Balaban J connectivity index is 1.08. The van der Waals surface area contributed by atoms with Gasteiger partial charge in [-0.1, -0.05) is 111 Å². The average Bonchev–Trinajstić information content (AvgIpc) is 1.44. The number of primary amides is 1. The molecule has 3 aromatic rings. The number of methoxy groups -OCH3 is 2. The normalized spacial score (nSPS) is 16.2. The Kier molecular flexibility index (Phi) is 40.6. The molecule has 5 rings (SSSR count). The Morgan fingerprint density at radius 2 is 1.29 bits per heavy atom. The van der Waals surface area contributed by atoms with Crippen molar-refractivity contribution < 1.29 is 90.7 Å². The molecule has 2 aliphatic rings. The van der Waals surface area contributed by atoms with Crippen LogP contribution in [0.25, 0.3) is 0 Å². The van der Waals surface area contributed by atoms with E-state index in [-0.39, 0.29) is 134 Å². The summed E-state index contributed by atoms with van der Waals surface area (Å²) in [6.45, 7) is 18.8. The van der Waals surface area contributed by atoms with Crippen LogP contribution in [0, 0.1) is 29.6 Å². The van der Waals surface area contributed by atoms with E-state index in [2.05, 4.69) is 42.2 Å². The highest BCUT2D eigenvalue weighted by Crippen LogP contribution is 2.31. The summed E-state index contributed by atoms with van der Waals surface area (Å²) in [7, 11) is 6.15. The number of rotatable bonds is 51. The van der Waals surface area contributed by atoms with Crippen molar-refractivity contribution in [2.45, 2.75) is 181 Å². The highest BCUT2D eigenvalue weighted by molar-refractivity contribution is 7.09. The molecular formula is C78H119N13O19S. The minimum Gasteiger partial charge on any atom is -0.445 e. The molecule has 2 aromatic carbocycles. The number of hydrogen-bond acceptors (Lipinski definition) is 21. The number of hydrogen-bond donors (Lipinski definition) is 8. The molecular weight excluding hydrogens is 1450 g/mol. The molecule has 0 bridgehead atoms. The van der Waals surface area contributed by atoms with Gasteiger partial charge in [0.05, 0.1) is 95.5 Å². The zero-order chi connectivity index (χ0) is 81.7. The van der Waals surface area contributed by atoms with Crippen molar-refractivity contribution in [3.8, 4) is 0 Å². The molecule has 1 saturated heterocycles. The fourth-order valence-electron chi connectivity index (χ4n) is 13.2. The number of aromatic nitrogens is 1. The second-order valence-electron chi connectivity index (χ2n) is 28.7. The lowest BCUT2D eigenvalue weighted by atomic mass is 9.89. The third-order valence-corrected chi connectivity index (χ3v) is 20.4. The lowest BCUT2D eigenvalue weighted by Crippen LogP contribution is -2.60. The van der Waals surface area contributed by atoms with Crippen LogP contribution in [0.15, 0.2) is 78.3 Å². The van der Waals surface area contributed by atoms with Crippen LogP contribution in [0.5, 0.6) is 0 Å². The standard InChI is InChI=1S/C78H119N13O19S/c1-14-52(8)69(60(104-12)47-65(96)90-35-19-23-59(90)70(105-13)53(9)71(97)85-58(75-81-34-45-111-75)46-54-20-16-15-17-21-54)88(10)76(101)67(50(4)5)87-74(100)68(51(6)7)89(11)78(103)110-48-55-24-26-56(27-25-55)83-72(98)57(22-18-32-82-77(79)102)84-73(99)66(49(2)3)86-62(93)31-37-106-39-41-108-43-44-109-42-40-107-38-33-80-61(92)30-36-91-63(94)28-29-64(91)95/h15-17,20-21,24-29,34,45,49-53,57-60,66-70H,14,18-19,22-23,30-33,35-44,46-48H2,1-13H3,(H,80,92)(H,83,98)(H,84,99)(H,85,97)(H,86,93)(H,87,100)(H3,79,82,102)/t52-,53+,57?,58-,59-,60+,66-,67?,68-,69-,70+/m0/s1. The first-order chi connectivity index (χ1) is 53.0. The number of nitrogens with two attached hydrogens (primary N) is 1. The van der Waals surface area contributed by atoms with Gasteiger partial charge < -0.3 is 85.9 Å². The van der Waals surface area contributed by atoms with Crippen LogP contribution >= 0.6 is 11.3 Å². The number of likely N-dealkylation sites (N-methyl/N-ethyl adjacent to an activating group) is 2. The van der Waals surface area contributed by atoms with Crippen LogP contribution in [0.4, 0.5) is 15.3 Å². The minimum atomic E-state index is -1.13. The minimum absolute atomic E-state index is 0.00154. The van der Waals surface area contributed by atoms with Gasteiger partial charge in [0, 0.05) is 96.8 Å². The quantitative estimate of drug-likeness (QED) is 0.0278. The Hall–Kier alpha value is -8.99. The average molecular weight is 1570 g/mol. The van der Waals surface area contributed by atoms with Gasteiger partial charge in [-0.2, -0.15) is 0 Å². The van der Waals surface area contributed by atoms with Crippen molar-refractivity contribution >= 4 is 88.2 Å². The van der Waals surface area contributed by atoms with Gasteiger partial charge in [0.2, 0.25) is 47.3 Å². The van der Waals surface area contributed by atoms with Gasteiger partial charge in [-0.05, 0) is 79.0 Å². The van der Waals surface area contributed by atoms with Crippen molar-refractivity contribution in [3.05, 3.63) is 94.5 Å². The number of nitrogens with zero attached hydrogens (tertiary/aromatic N) is 5. The first-order valence-corrected chi connectivity index (χ1v) is 39.1. The lowest BCUT2D eigenvalue weighted by Gasteiger charge is -2.41. The van der Waals surface area contributed by atoms with Crippen LogP contribution < -0.4 is 43.0 Å². The second-order valence-corrected chi connectivity index (χ2v) is 29.7. The van der Waals surface area contributed by atoms with E-state index >= 15 is 0 Å². The van der Waals surface area contributed by atoms with Gasteiger partial charge in [-0.3, -0.25) is 57.7 Å². The Morgan fingerprint density at radius 3 is 1.86 bits per heavy atom. The van der Waals surface area contributed by atoms with Gasteiger partial charge in [-0.25, -0.2) is 14.6 Å². The van der Waals surface area contributed by atoms with E-state index in [1.807, 2.05) is 56.5 Å². The Labute approximate surface area is 656 Å². The number of carbonyl (C=O) groups excluding carboxylic acids is 12. The maximum atomic E-state index is 14.9. The van der Waals surface area contributed by atoms with Crippen LogP contribution in [0.2, 0.25) is 0 Å². The third kappa shape index (κ3) is 30.6. The van der Waals surface area contributed by atoms with E-state index < -0.39 is 126 Å². The first-order valence-electron chi connectivity index (χ1n) is 38.2. The molecule has 1 aromatic heterocycles. The number of urea groups is 1. The number of imide groups is 1. The molecule has 616 valence electrons. The SMILES string of the molecule is CC[C@H](C)[C@@H]([C@@H](CC(=O)N1CCC[C@H]1[C@H](OC)[C@@H](C)C(=O)N[C@@H](Cc1ccccc1)c1nccs1)OC)N(C)C(=O)C(NC(=O)[C@H](C(C)C)N(C)C(=O)OCc1ccc(NC(=O)C(CCCNC(N)=O)NC(=O)[C@@H](NC(=O)CCOCCOCCOCCOCCNC(=O)CCN2C(=O)C=CC2=O)C(C)C)cc1)C(C)C. The Bertz CT molecular complexity index is 3460. The largest absolute Gasteiger partial charge is 0.445 e. The lowest BCUT2D eigenvalue weighted by molar-refractivity contribution is -0.148. The number of nitrogens with one attached hydrogen (secondary N) is 7. The van der Waals surface area contributed by atoms with E-state index in [9.17, 15) is 57.5 Å². The van der Waals surface area contributed by atoms with Crippen molar-refractivity contribution in [1.82, 2.24) is 56.5 Å². The molecule has 13 amide bonds. The number of amides is 13. The van der Waals surface area contributed by atoms with Gasteiger partial charge in [0.1, 0.15) is 35.8 Å². The van der Waals surface area contributed by atoms with Gasteiger partial charge in [0.25, 0.3) is 11.8 Å². The van der Waals surface area contributed by atoms with Crippen LogP contribution in [0.3, 0.4) is 0 Å². The molecule has 11 atom stereocenters. The summed E-state index contributed by atoms with van der Waals surface area (Å²) in [6.07, 6.45) is 4.41. The highest BCUT2D eigenvalue weighted by atomic mass is 32.1. The smallest absolute Gasteiger partial charge is 0.410 e. The number of carbonyl (C=O) groups is 12. The number of thiazole rings is 1. The molecule has 1 fully saturated rings. The van der Waals surface area contributed by atoms with Crippen LogP contribution in [-0.4, -0.2) is 252 Å². The Morgan fingerprint density at radius 1 is 0.658 bits per heavy atom. The van der Waals surface area contributed by atoms with Crippen LogP contribution in [-0.2, 0) is 94.1 Å². The van der Waals surface area contributed by atoms with Crippen molar-refractivity contribution in [1.29, 1.82) is 0 Å². The van der Waals surface area contributed by atoms with E-state index in [0.717, 1.165) is 27.6 Å². The molecule has 0 radical (unpaired) electrons. The summed E-state index contributed by atoms with van der Waals surface area (Å²) in [4.78, 5) is 170. The number of ether oxygens (including phenoxy) is 7. The highest BCUT2D eigenvalue weighted by Gasteiger charge is 2.44. The second kappa shape index (κ2) is 48.7. The number of benzene rings is 2. The summed E-state index contributed by atoms with van der Waals surface area (Å²) in [5.41, 5.74) is 7.17. The molecule has 0 spiro atoms. The van der Waals surface area contributed by atoms with Crippen molar-refractivity contribution in [2.24, 2.45) is 35.3 Å². The fraction of sp³-hybridized carbons (Fsp3) is 0.628. The van der Waals surface area contributed by atoms with Crippen molar-refractivity contribution in [3.63, 3.8) is 0 Å². The topological polar surface area (TPSA) is 406 Å². The van der Waals surface area contributed by atoms with E-state index in [0.29, 0.717) is 50.1 Å². The zero-order valence-electron chi connectivity index (χ0n) is 66.6. The monoisotopic (exact) mass is 1570 g/mol. The fourth-order valence-corrected chi connectivity index (χ4v) is 13.9. The summed E-state index contributed by atoms with van der Waals surface area (Å²) >= 11 is 1.47. The van der Waals surface area contributed by atoms with Gasteiger partial charge in [0.15, 0.2) is 0 Å². The van der Waals surface area contributed by atoms with E-state index in [4.69, 9.17) is 38.9 Å².